The van der Waals surface area contributed by atoms with Gasteiger partial charge in [0.05, 0.1) is 5.00 Å². The van der Waals surface area contributed by atoms with Gasteiger partial charge in [-0.25, -0.2) is 0 Å². The third-order valence-corrected chi connectivity index (χ3v) is 3.45. The van der Waals surface area contributed by atoms with Crippen molar-refractivity contribution >= 4 is 16.3 Å². The van der Waals surface area contributed by atoms with Crippen LogP contribution in [0.25, 0.3) is 0 Å². The number of nitrogens with zero attached hydrogens (tertiary/aromatic N) is 1. The number of anilines is 1. The maximum atomic E-state index is 6.04. The molecule has 1 heterocycles. The molecule has 1 aromatic rings. The average Bonchev–Trinajstić information content (AvgIpc) is 2.50. The standard InChI is InChI=1S/C10H18N2S/c1-7(2)10(11)8-5-6-9(13-8)12(3)4/h5-7,10H,11H2,1-4H3/t10-/m0/s1. The van der Waals surface area contributed by atoms with Gasteiger partial charge in [0.2, 0.25) is 0 Å². The predicted octanol–water partition coefficient (Wildman–Crippen LogP) is 2.47. The molecule has 0 saturated carbocycles. The maximum absolute atomic E-state index is 6.04. The van der Waals surface area contributed by atoms with Gasteiger partial charge >= 0.3 is 0 Å². The molecule has 1 aromatic heterocycles. The van der Waals surface area contributed by atoms with E-state index in [1.165, 1.54) is 9.88 Å². The molecule has 0 aliphatic heterocycles. The number of thiophene rings is 1. The van der Waals surface area contributed by atoms with Crippen molar-refractivity contribution in [3.8, 4) is 0 Å². The molecule has 3 heteroatoms. The van der Waals surface area contributed by atoms with E-state index >= 15 is 0 Å². The van der Waals surface area contributed by atoms with Crippen molar-refractivity contribution in [1.29, 1.82) is 0 Å². The minimum Gasteiger partial charge on any atom is -0.370 e. The Morgan fingerprint density at radius 3 is 2.31 bits per heavy atom. The van der Waals surface area contributed by atoms with Crippen molar-refractivity contribution < 1.29 is 0 Å². The van der Waals surface area contributed by atoms with E-state index in [4.69, 9.17) is 5.73 Å². The molecule has 0 spiro atoms. The van der Waals surface area contributed by atoms with Crippen LogP contribution in [-0.2, 0) is 0 Å². The molecule has 0 saturated heterocycles. The van der Waals surface area contributed by atoms with E-state index in [-0.39, 0.29) is 6.04 Å². The third kappa shape index (κ3) is 2.45. The minimum atomic E-state index is 0.179. The molecule has 2 nitrogen and oxygen atoms in total. The fraction of sp³-hybridized carbons (Fsp3) is 0.600. The Hall–Kier alpha value is -0.540. The van der Waals surface area contributed by atoms with Crippen LogP contribution in [0.5, 0.6) is 0 Å². The quantitative estimate of drug-likeness (QED) is 0.808. The molecule has 1 rings (SSSR count). The smallest absolute Gasteiger partial charge is 0.0906 e. The second-order valence-electron chi connectivity index (χ2n) is 3.84. The molecule has 0 radical (unpaired) electrons. The molecular formula is C10H18N2S. The molecule has 0 bridgehead atoms. The molecule has 0 fully saturated rings. The summed E-state index contributed by atoms with van der Waals surface area (Å²) in [5.41, 5.74) is 6.04. The molecule has 0 aliphatic rings. The Balaban J connectivity index is 2.79. The first-order valence-corrected chi connectivity index (χ1v) is 5.36. The zero-order valence-corrected chi connectivity index (χ0v) is 9.56. The lowest BCUT2D eigenvalue weighted by atomic mass is 10.0. The molecule has 0 aliphatic carbocycles. The highest BCUT2D eigenvalue weighted by molar-refractivity contribution is 7.16. The van der Waals surface area contributed by atoms with Crippen LogP contribution in [0.2, 0.25) is 0 Å². The number of rotatable bonds is 3. The lowest BCUT2D eigenvalue weighted by Crippen LogP contribution is -2.15. The van der Waals surface area contributed by atoms with Crippen LogP contribution in [0.15, 0.2) is 12.1 Å². The largest absolute Gasteiger partial charge is 0.370 e. The minimum absolute atomic E-state index is 0.179. The first-order chi connectivity index (χ1) is 6.02. The van der Waals surface area contributed by atoms with Crippen LogP contribution in [0.4, 0.5) is 5.00 Å². The predicted molar refractivity (Wildman–Crippen MR) is 60.4 cm³/mol. The van der Waals surface area contributed by atoms with Gasteiger partial charge < -0.3 is 10.6 Å². The Bertz CT molecular complexity index is 266. The highest BCUT2D eigenvalue weighted by Gasteiger charge is 2.13. The van der Waals surface area contributed by atoms with Crippen LogP contribution in [0.3, 0.4) is 0 Å². The summed E-state index contributed by atoms with van der Waals surface area (Å²) in [7, 11) is 4.10. The van der Waals surface area contributed by atoms with Gasteiger partial charge in [0, 0.05) is 25.0 Å². The lowest BCUT2D eigenvalue weighted by molar-refractivity contribution is 0.521. The summed E-state index contributed by atoms with van der Waals surface area (Å²) in [5.74, 6) is 0.508. The molecular weight excluding hydrogens is 180 g/mol. The number of hydrogen-bond acceptors (Lipinski definition) is 3. The van der Waals surface area contributed by atoms with E-state index in [0.717, 1.165) is 0 Å². The summed E-state index contributed by atoms with van der Waals surface area (Å²) in [6.07, 6.45) is 0. The molecule has 2 N–H and O–H groups in total. The van der Waals surface area contributed by atoms with Crippen molar-refractivity contribution in [3.05, 3.63) is 17.0 Å². The van der Waals surface area contributed by atoms with E-state index in [9.17, 15) is 0 Å². The molecule has 13 heavy (non-hydrogen) atoms. The molecule has 1 atom stereocenters. The van der Waals surface area contributed by atoms with Crippen molar-refractivity contribution in [1.82, 2.24) is 0 Å². The van der Waals surface area contributed by atoms with Crippen LogP contribution in [-0.4, -0.2) is 14.1 Å². The van der Waals surface area contributed by atoms with Crippen LogP contribution < -0.4 is 10.6 Å². The summed E-state index contributed by atoms with van der Waals surface area (Å²) in [6, 6.07) is 4.44. The van der Waals surface area contributed by atoms with Gasteiger partial charge in [-0.2, -0.15) is 0 Å². The van der Waals surface area contributed by atoms with Crippen LogP contribution in [0.1, 0.15) is 24.8 Å². The summed E-state index contributed by atoms with van der Waals surface area (Å²) in [4.78, 5) is 3.39. The van der Waals surface area contributed by atoms with Crippen molar-refractivity contribution in [2.24, 2.45) is 11.7 Å². The van der Waals surface area contributed by atoms with Gasteiger partial charge in [-0.1, -0.05) is 13.8 Å². The van der Waals surface area contributed by atoms with Gasteiger partial charge in [-0.3, -0.25) is 0 Å². The molecule has 0 unspecified atom stereocenters. The first-order valence-electron chi connectivity index (χ1n) is 4.55. The second kappa shape index (κ2) is 4.11. The van der Waals surface area contributed by atoms with E-state index < -0.39 is 0 Å². The molecule has 0 amide bonds. The summed E-state index contributed by atoms with van der Waals surface area (Å²) in [6.45, 7) is 4.30. The highest BCUT2D eigenvalue weighted by atomic mass is 32.1. The number of hydrogen-bond donors (Lipinski definition) is 1. The van der Waals surface area contributed by atoms with Crippen LogP contribution in [0, 0.1) is 5.92 Å². The van der Waals surface area contributed by atoms with E-state index in [1.54, 1.807) is 11.3 Å². The second-order valence-corrected chi connectivity index (χ2v) is 4.93. The van der Waals surface area contributed by atoms with E-state index in [1.807, 2.05) is 0 Å². The maximum Gasteiger partial charge on any atom is 0.0906 e. The normalized spacial score (nSPS) is 13.4. The van der Waals surface area contributed by atoms with Gasteiger partial charge in [0.15, 0.2) is 0 Å². The molecule has 0 aromatic carbocycles. The summed E-state index contributed by atoms with van der Waals surface area (Å²) >= 11 is 1.78. The summed E-state index contributed by atoms with van der Waals surface area (Å²) in [5, 5.41) is 1.27. The zero-order chi connectivity index (χ0) is 10.0. The first kappa shape index (κ1) is 10.5. The van der Waals surface area contributed by atoms with Crippen molar-refractivity contribution in [2.45, 2.75) is 19.9 Å². The SMILES string of the molecule is CC(C)[C@H](N)c1ccc(N(C)C)s1. The lowest BCUT2D eigenvalue weighted by Gasteiger charge is -2.13. The van der Waals surface area contributed by atoms with Gasteiger partial charge in [0.1, 0.15) is 0 Å². The van der Waals surface area contributed by atoms with E-state index in [2.05, 4.69) is 45.0 Å². The van der Waals surface area contributed by atoms with Crippen molar-refractivity contribution in [2.75, 3.05) is 19.0 Å². The third-order valence-electron chi connectivity index (χ3n) is 2.10. The fourth-order valence-corrected chi connectivity index (χ4v) is 2.19. The number of nitrogens with two attached hydrogens (primary N) is 1. The topological polar surface area (TPSA) is 29.3 Å². The van der Waals surface area contributed by atoms with Crippen LogP contribution >= 0.6 is 11.3 Å². The van der Waals surface area contributed by atoms with Crippen molar-refractivity contribution in [3.63, 3.8) is 0 Å². The Morgan fingerprint density at radius 2 is 1.92 bits per heavy atom. The highest BCUT2D eigenvalue weighted by Crippen LogP contribution is 2.30. The average molecular weight is 198 g/mol. The zero-order valence-electron chi connectivity index (χ0n) is 8.74. The fourth-order valence-electron chi connectivity index (χ4n) is 1.09. The Morgan fingerprint density at radius 1 is 1.31 bits per heavy atom. The van der Waals surface area contributed by atoms with Gasteiger partial charge in [0.25, 0.3) is 0 Å². The van der Waals surface area contributed by atoms with Gasteiger partial charge in [-0.15, -0.1) is 11.3 Å². The van der Waals surface area contributed by atoms with Gasteiger partial charge in [-0.05, 0) is 18.1 Å². The van der Waals surface area contributed by atoms with E-state index in [0.29, 0.717) is 5.92 Å². The monoisotopic (exact) mass is 198 g/mol. The molecule has 74 valence electrons. The Kier molecular flexibility index (Phi) is 3.33. The Labute approximate surface area is 84.4 Å². The summed E-state index contributed by atoms with van der Waals surface area (Å²) < 4.78 is 0.